The lowest BCUT2D eigenvalue weighted by atomic mass is 10.1. The fourth-order valence-electron chi connectivity index (χ4n) is 2.86. The summed E-state index contributed by atoms with van der Waals surface area (Å²) >= 11 is 5.10. The van der Waals surface area contributed by atoms with Gasteiger partial charge in [0.1, 0.15) is 6.04 Å². The Kier molecular flexibility index (Phi) is 9.92. The molecule has 0 spiro atoms. The number of thioether (sulfide) groups is 1. The SMILES string of the molecule is Cc1ccc(SCCC(=O)N(Cc2ccc(Br)cc2)[C@H](C)C(=O)NCC(C)C)cc1. The molecule has 0 aliphatic rings. The predicted molar refractivity (Wildman–Crippen MR) is 129 cm³/mol. The summed E-state index contributed by atoms with van der Waals surface area (Å²) in [5.41, 5.74) is 2.22. The number of halogens is 1. The molecule has 0 saturated heterocycles. The van der Waals surface area contributed by atoms with E-state index in [0.717, 1.165) is 14.9 Å². The summed E-state index contributed by atoms with van der Waals surface area (Å²) in [7, 11) is 0. The van der Waals surface area contributed by atoms with Crippen LogP contribution in [0.5, 0.6) is 0 Å². The van der Waals surface area contributed by atoms with E-state index < -0.39 is 6.04 Å². The van der Waals surface area contributed by atoms with Crippen LogP contribution < -0.4 is 5.32 Å². The first kappa shape index (κ1) is 24.5. The number of carbonyl (C=O) groups excluding carboxylic acids is 2. The molecule has 1 N–H and O–H groups in total. The molecule has 2 rings (SSSR count). The molecule has 1 atom stereocenters. The lowest BCUT2D eigenvalue weighted by Crippen LogP contribution is -2.48. The maximum Gasteiger partial charge on any atom is 0.242 e. The molecule has 2 amide bonds. The third-order valence-electron chi connectivity index (χ3n) is 4.72. The Hall–Kier alpha value is -1.79. The first-order valence-electron chi connectivity index (χ1n) is 10.3. The van der Waals surface area contributed by atoms with E-state index in [4.69, 9.17) is 0 Å². The van der Waals surface area contributed by atoms with Crippen LogP contribution in [0.1, 0.15) is 38.3 Å². The molecule has 0 fully saturated rings. The van der Waals surface area contributed by atoms with Crippen molar-refractivity contribution in [1.29, 1.82) is 0 Å². The second kappa shape index (κ2) is 12.2. The van der Waals surface area contributed by atoms with E-state index in [1.54, 1.807) is 23.6 Å². The molecular formula is C24H31BrN2O2S. The Morgan fingerprint density at radius 1 is 1.03 bits per heavy atom. The number of amides is 2. The maximum absolute atomic E-state index is 13.1. The summed E-state index contributed by atoms with van der Waals surface area (Å²) in [5, 5.41) is 2.95. The zero-order chi connectivity index (χ0) is 22.1. The molecule has 2 aromatic carbocycles. The van der Waals surface area contributed by atoms with E-state index in [1.807, 2.05) is 24.3 Å². The molecule has 30 heavy (non-hydrogen) atoms. The van der Waals surface area contributed by atoms with Gasteiger partial charge < -0.3 is 10.2 Å². The monoisotopic (exact) mass is 490 g/mol. The molecule has 0 heterocycles. The average Bonchev–Trinajstić information content (AvgIpc) is 2.72. The third kappa shape index (κ3) is 8.15. The van der Waals surface area contributed by atoms with E-state index in [-0.39, 0.29) is 11.8 Å². The third-order valence-corrected chi connectivity index (χ3v) is 6.27. The van der Waals surface area contributed by atoms with Gasteiger partial charge in [-0.1, -0.05) is 59.6 Å². The number of carbonyl (C=O) groups is 2. The van der Waals surface area contributed by atoms with Crippen LogP contribution >= 0.6 is 27.7 Å². The molecule has 6 heteroatoms. The van der Waals surface area contributed by atoms with Crippen LogP contribution in [0.25, 0.3) is 0 Å². The normalized spacial score (nSPS) is 11.9. The minimum atomic E-state index is -0.524. The van der Waals surface area contributed by atoms with Crippen molar-refractivity contribution < 1.29 is 9.59 Å². The number of rotatable bonds is 10. The first-order chi connectivity index (χ1) is 14.3. The van der Waals surface area contributed by atoms with Crippen molar-refractivity contribution in [1.82, 2.24) is 10.2 Å². The van der Waals surface area contributed by atoms with E-state index in [0.29, 0.717) is 31.2 Å². The number of aryl methyl sites for hydroxylation is 1. The summed E-state index contributed by atoms with van der Waals surface area (Å²) < 4.78 is 0.987. The highest BCUT2D eigenvalue weighted by Crippen LogP contribution is 2.21. The molecule has 0 unspecified atom stereocenters. The van der Waals surface area contributed by atoms with Gasteiger partial charge >= 0.3 is 0 Å². The molecule has 4 nitrogen and oxygen atoms in total. The average molecular weight is 491 g/mol. The summed E-state index contributed by atoms with van der Waals surface area (Å²) in [5.74, 6) is 0.923. The van der Waals surface area contributed by atoms with Crippen LogP contribution in [0.3, 0.4) is 0 Å². The van der Waals surface area contributed by atoms with Gasteiger partial charge in [-0.25, -0.2) is 0 Å². The van der Waals surface area contributed by atoms with Crippen LogP contribution in [-0.2, 0) is 16.1 Å². The lowest BCUT2D eigenvalue weighted by Gasteiger charge is -2.29. The first-order valence-corrected chi connectivity index (χ1v) is 12.0. The Labute approximate surface area is 192 Å². The summed E-state index contributed by atoms with van der Waals surface area (Å²) in [6.07, 6.45) is 0.386. The molecule has 0 aliphatic heterocycles. The number of benzene rings is 2. The minimum absolute atomic E-state index is 0.00951. The quantitative estimate of drug-likeness (QED) is 0.451. The van der Waals surface area contributed by atoms with Gasteiger partial charge in [0.15, 0.2) is 0 Å². The van der Waals surface area contributed by atoms with E-state index >= 15 is 0 Å². The van der Waals surface area contributed by atoms with Crippen LogP contribution in [-0.4, -0.2) is 35.1 Å². The molecule has 0 radical (unpaired) electrons. The highest BCUT2D eigenvalue weighted by molar-refractivity contribution is 9.10. The zero-order valence-corrected chi connectivity index (χ0v) is 20.6. The molecule has 2 aromatic rings. The Balaban J connectivity index is 2.04. The topological polar surface area (TPSA) is 49.4 Å². The molecule has 0 aromatic heterocycles. The summed E-state index contributed by atoms with van der Waals surface area (Å²) in [6, 6.07) is 15.6. The van der Waals surface area contributed by atoms with Crippen molar-refractivity contribution in [2.75, 3.05) is 12.3 Å². The summed E-state index contributed by atoms with van der Waals surface area (Å²) in [6.45, 7) is 8.99. The highest BCUT2D eigenvalue weighted by Gasteiger charge is 2.25. The van der Waals surface area contributed by atoms with Gasteiger partial charge in [-0.3, -0.25) is 9.59 Å². The zero-order valence-electron chi connectivity index (χ0n) is 18.2. The fraction of sp³-hybridized carbons (Fsp3) is 0.417. The van der Waals surface area contributed by atoms with E-state index in [9.17, 15) is 9.59 Å². The molecule has 0 aliphatic carbocycles. The second-order valence-electron chi connectivity index (χ2n) is 7.87. The largest absolute Gasteiger partial charge is 0.354 e. The van der Waals surface area contributed by atoms with E-state index in [2.05, 4.69) is 66.3 Å². The van der Waals surface area contributed by atoms with Crippen molar-refractivity contribution in [3.63, 3.8) is 0 Å². The Bertz CT molecular complexity index is 822. The van der Waals surface area contributed by atoms with Gasteiger partial charge in [0.05, 0.1) is 0 Å². The van der Waals surface area contributed by atoms with Crippen molar-refractivity contribution in [2.45, 2.75) is 51.6 Å². The van der Waals surface area contributed by atoms with Crippen LogP contribution in [0.4, 0.5) is 0 Å². The maximum atomic E-state index is 13.1. The van der Waals surface area contributed by atoms with Crippen LogP contribution in [0.15, 0.2) is 57.9 Å². The fourth-order valence-corrected chi connectivity index (χ4v) is 3.96. The number of nitrogens with zero attached hydrogens (tertiary/aromatic N) is 1. The van der Waals surface area contributed by atoms with Crippen molar-refractivity contribution in [3.8, 4) is 0 Å². The summed E-state index contributed by atoms with van der Waals surface area (Å²) in [4.78, 5) is 28.6. The number of nitrogens with one attached hydrogen (secondary N) is 1. The molecule has 162 valence electrons. The van der Waals surface area contributed by atoms with Gasteiger partial charge in [-0.05, 0) is 49.6 Å². The van der Waals surface area contributed by atoms with Gasteiger partial charge in [-0.15, -0.1) is 11.8 Å². The predicted octanol–water partition coefficient (Wildman–Crippen LogP) is 5.43. The van der Waals surface area contributed by atoms with Gasteiger partial charge in [0.25, 0.3) is 0 Å². The Morgan fingerprint density at radius 2 is 1.67 bits per heavy atom. The minimum Gasteiger partial charge on any atom is -0.354 e. The van der Waals surface area contributed by atoms with E-state index in [1.165, 1.54) is 5.56 Å². The highest BCUT2D eigenvalue weighted by atomic mass is 79.9. The molecule has 0 saturated carbocycles. The molecule has 0 bridgehead atoms. The van der Waals surface area contributed by atoms with Crippen molar-refractivity contribution >= 4 is 39.5 Å². The van der Waals surface area contributed by atoms with Crippen LogP contribution in [0.2, 0.25) is 0 Å². The van der Waals surface area contributed by atoms with Gasteiger partial charge in [0, 0.05) is 34.6 Å². The second-order valence-corrected chi connectivity index (χ2v) is 9.96. The lowest BCUT2D eigenvalue weighted by molar-refractivity contribution is -0.140. The Morgan fingerprint density at radius 3 is 2.27 bits per heavy atom. The van der Waals surface area contributed by atoms with Gasteiger partial charge in [0.2, 0.25) is 11.8 Å². The molecular weight excluding hydrogens is 460 g/mol. The van der Waals surface area contributed by atoms with Crippen molar-refractivity contribution in [2.24, 2.45) is 5.92 Å². The van der Waals surface area contributed by atoms with Gasteiger partial charge in [-0.2, -0.15) is 0 Å². The number of hydrogen-bond acceptors (Lipinski definition) is 3. The van der Waals surface area contributed by atoms with Crippen LogP contribution in [0, 0.1) is 12.8 Å². The smallest absolute Gasteiger partial charge is 0.242 e. The van der Waals surface area contributed by atoms with Crippen molar-refractivity contribution in [3.05, 3.63) is 64.1 Å². The standard InChI is InChI=1S/C24H31BrN2O2S/c1-17(2)15-26-24(29)19(4)27(16-20-7-9-21(25)10-8-20)23(28)13-14-30-22-11-5-18(3)6-12-22/h5-12,17,19H,13-16H2,1-4H3,(H,26,29)/t19-/m1/s1. The number of hydrogen-bond donors (Lipinski definition) is 1.